The van der Waals surface area contributed by atoms with E-state index in [1.54, 1.807) is 6.20 Å². The molecule has 2 aromatic rings. The van der Waals surface area contributed by atoms with Crippen molar-refractivity contribution in [1.29, 1.82) is 0 Å². The van der Waals surface area contributed by atoms with Gasteiger partial charge in [0.1, 0.15) is 5.60 Å². The lowest BCUT2D eigenvalue weighted by molar-refractivity contribution is 0.0526. The number of aromatic nitrogens is 2. The molecule has 0 aliphatic heterocycles. The number of ether oxygens (including phenoxy) is 1. The number of hydrogen-bond donors (Lipinski definition) is 3. The fraction of sp³-hybridized carbons (Fsp3) is 0.467. The quantitative estimate of drug-likeness (QED) is 0.809. The third-order valence-electron chi connectivity index (χ3n) is 2.84. The zero-order chi connectivity index (χ0) is 15.5. The first-order valence-electron chi connectivity index (χ1n) is 7.00. The first kappa shape index (κ1) is 15.2. The second-order valence-corrected chi connectivity index (χ2v) is 6.06. The normalized spacial score (nSPS) is 13.0. The molecule has 1 aromatic heterocycles. The summed E-state index contributed by atoms with van der Waals surface area (Å²) in [6, 6.07) is 5.98. The van der Waals surface area contributed by atoms with Crippen LogP contribution in [0.4, 0.5) is 10.5 Å². The minimum Gasteiger partial charge on any atom is -0.444 e. The molecule has 21 heavy (non-hydrogen) atoms. The van der Waals surface area contributed by atoms with Gasteiger partial charge in [-0.25, -0.2) is 4.79 Å². The molecule has 2 rings (SSSR count). The van der Waals surface area contributed by atoms with Crippen LogP contribution in [0.2, 0.25) is 0 Å². The average Bonchev–Trinajstić information content (AvgIpc) is 2.84. The summed E-state index contributed by atoms with van der Waals surface area (Å²) in [5.74, 6) is 0. The Morgan fingerprint density at radius 3 is 2.90 bits per heavy atom. The number of aromatic amines is 1. The maximum Gasteiger partial charge on any atom is 0.407 e. The number of nitrogens with zero attached hydrogens (tertiary/aromatic N) is 1. The molecule has 0 saturated carbocycles. The van der Waals surface area contributed by atoms with Crippen LogP contribution >= 0.6 is 0 Å². The van der Waals surface area contributed by atoms with Crippen LogP contribution in [0.3, 0.4) is 0 Å². The Bertz CT molecular complexity index is 615. The smallest absolute Gasteiger partial charge is 0.407 e. The van der Waals surface area contributed by atoms with E-state index < -0.39 is 11.7 Å². The molecule has 0 radical (unpaired) electrons. The molecule has 0 bridgehead atoms. The van der Waals surface area contributed by atoms with E-state index in [9.17, 15) is 4.79 Å². The van der Waals surface area contributed by atoms with Gasteiger partial charge in [-0.15, -0.1) is 0 Å². The summed E-state index contributed by atoms with van der Waals surface area (Å²) < 4.78 is 5.20. The first-order chi connectivity index (χ1) is 9.85. The zero-order valence-electron chi connectivity index (χ0n) is 12.9. The molecule has 1 aromatic carbocycles. The van der Waals surface area contributed by atoms with Crippen LogP contribution in [0.25, 0.3) is 10.9 Å². The number of anilines is 1. The Morgan fingerprint density at radius 2 is 2.19 bits per heavy atom. The molecular weight excluding hydrogens is 268 g/mol. The Balaban J connectivity index is 1.89. The number of carbonyl (C=O) groups excluding carboxylic acids is 1. The van der Waals surface area contributed by atoms with E-state index in [4.69, 9.17) is 4.74 Å². The van der Waals surface area contributed by atoms with Crippen molar-refractivity contribution in [3.63, 3.8) is 0 Å². The molecule has 6 heteroatoms. The van der Waals surface area contributed by atoms with Crippen molar-refractivity contribution in [2.75, 3.05) is 11.9 Å². The molecule has 0 spiro atoms. The van der Waals surface area contributed by atoms with Gasteiger partial charge in [0.15, 0.2) is 0 Å². The summed E-state index contributed by atoms with van der Waals surface area (Å²) in [6.45, 7) is 8.00. The van der Waals surface area contributed by atoms with Gasteiger partial charge in [-0.1, -0.05) is 6.07 Å². The molecule has 1 amide bonds. The van der Waals surface area contributed by atoms with Gasteiger partial charge < -0.3 is 15.4 Å². The predicted octanol–water partition coefficient (Wildman–Crippen LogP) is 2.89. The van der Waals surface area contributed by atoms with Gasteiger partial charge in [-0.3, -0.25) is 5.10 Å². The van der Waals surface area contributed by atoms with Crippen LogP contribution in [-0.2, 0) is 4.74 Å². The molecule has 0 fully saturated rings. The number of hydrogen-bond acceptors (Lipinski definition) is 4. The number of H-pyrrole nitrogens is 1. The van der Waals surface area contributed by atoms with E-state index >= 15 is 0 Å². The number of carbonyl (C=O) groups is 1. The van der Waals surface area contributed by atoms with Crippen molar-refractivity contribution in [3.05, 3.63) is 24.4 Å². The fourth-order valence-electron chi connectivity index (χ4n) is 1.96. The minimum absolute atomic E-state index is 0.0676. The Kier molecular flexibility index (Phi) is 4.35. The maximum atomic E-state index is 11.6. The van der Waals surface area contributed by atoms with Crippen molar-refractivity contribution in [2.24, 2.45) is 0 Å². The molecule has 1 heterocycles. The van der Waals surface area contributed by atoms with Crippen molar-refractivity contribution in [2.45, 2.75) is 39.3 Å². The van der Waals surface area contributed by atoms with Crippen LogP contribution in [0.15, 0.2) is 24.4 Å². The van der Waals surface area contributed by atoms with Crippen LogP contribution in [0, 0.1) is 0 Å². The van der Waals surface area contributed by atoms with Crippen molar-refractivity contribution in [1.82, 2.24) is 15.5 Å². The molecule has 1 unspecified atom stereocenters. The van der Waals surface area contributed by atoms with Crippen LogP contribution in [0.5, 0.6) is 0 Å². The molecular formula is C15H22N4O2. The number of benzene rings is 1. The summed E-state index contributed by atoms with van der Waals surface area (Å²) in [5.41, 5.74) is 1.48. The highest BCUT2D eigenvalue weighted by molar-refractivity contribution is 5.90. The third kappa shape index (κ3) is 4.37. The molecule has 6 nitrogen and oxygen atoms in total. The van der Waals surface area contributed by atoms with Gasteiger partial charge in [0.25, 0.3) is 0 Å². The number of amides is 1. The zero-order valence-corrected chi connectivity index (χ0v) is 12.9. The highest BCUT2D eigenvalue weighted by Crippen LogP contribution is 2.21. The summed E-state index contributed by atoms with van der Waals surface area (Å²) in [6.07, 6.45) is 1.38. The third-order valence-corrected chi connectivity index (χ3v) is 2.84. The first-order valence-corrected chi connectivity index (χ1v) is 7.00. The van der Waals surface area contributed by atoms with Gasteiger partial charge in [-0.05, 0) is 39.8 Å². The second kappa shape index (κ2) is 6.03. The highest BCUT2D eigenvalue weighted by Gasteiger charge is 2.16. The average molecular weight is 290 g/mol. The number of rotatable bonds is 4. The van der Waals surface area contributed by atoms with E-state index in [1.165, 1.54) is 0 Å². The molecule has 0 saturated heterocycles. The topological polar surface area (TPSA) is 79.0 Å². The van der Waals surface area contributed by atoms with Crippen molar-refractivity contribution < 1.29 is 9.53 Å². The molecule has 1 atom stereocenters. The molecule has 0 aliphatic carbocycles. The maximum absolute atomic E-state index is 11.6. The van der Waals surface area contributed by atoms with Gasteiger partial charge >= 0.3 is 6.09 Å². The van der Waals surface area contributed by atoms with Gasteiger partial charge in [-0.2, -0.15) is 5.10 Å². The minimum atomic E-state index is -0.483. The lowest BCUT2D eigenvalue weighted by Crippen LogP contribution is -2.38. The van der Waals surface area contributed by atoms with E-state index in [1.807, 2.05) is 45.9 Å². The van der Waals surface area contributed by atoms with Gasteiger partial charge in [0, 0.05) is 23.7 Å². The lowest BCUT2D eigenvalue weighted by Gasteiger charge is -2.21. The SMILES string of the molecule is CC(CNC(=O)OC(C)(C)C)Nc1cccc2[nH]ncc12. The molecule has 3 N–H and O–H groups in total. The summed E-state index contributed by atoms with van der Waals surface area (Å²) in [4.78, 5) is 11.6. The highest BCUT2D eigenvalue weighted by atomic mass is 16.6. The standard InChI is InChI=1S/C15H22N4O2/c1-10(8-16-14(20)21-15(2,3)4)18-12-6-5-7-13-11(12)9-17-19-13/h5-7,9-10,18H,8H2,1-4H3,(H,16,20)(H,17,19). The molecule has 114 valence electrons. The van der Waals surface area contributed by atoms with Crippen LogP contribution < -0.4 is 10.6 Å². The summed E-state index contributed by atoms with van der Waals surface area (Å²) in [5, 5.41) is 14.1. The van der Waals surface area contributed by atoms with Gasteiger partial charge in [0.05, 0.1) is 11.7 Å². The summed E-state index contributed by atoms with van der Waals surface area (Å²) in [7, 11) is 0. The number of fused-ring (bicyclic) bond motifs is 1. The van der Waals surface area contributed by atoms with Crippen LogP contribution in [0.1, 0.15) is 27.7 Å². The van der Waals surface area contributed by atoms with E-state index in [0.717, 1.165) is 16.6 Å². The van der Waals surface area contributed by atoms with Crippen LogP contribution in [-0.4, -0.2) is 34.5 Å². The molecule has 0 aliphatic rings. The fourth-order valence-corrected chi connectivity index (χ4v) is 1.96. The monoisotopic (exact) mass is 290 g/mol. The van der Waals surface area contributed by atoms with E-state index in [0.29, 0.717) is 6.54 Å². The van der Waals surface area contributed by atoms with E-state index in [2.05, 4.69) is 20.8 Å². The Morgan fingerprint density at radius 1 is 1.43 bits per heavy atom. The van der Waals surface area contributed by atoms with E-state index in [-0.39, 0.29) is 6.04 Å². The predicted molar refractivity (Wildman–Crippen MR) is 83.4 cm³/mol. The largest absolute Gasteiger partial charge is 0.444 e. The Hall–Kier alpha value is -2.24. The van der Waals surface area contributed by atoms with Gasteiger partial charge in [0.2, 0.25) is 0 Å². The van der Waals surface area contributed by atoms with Crippen molar-refractivity contribution in [3.8, 4) is 0 Å². The Labute approximate surface area is 124 Å². The number of alkyl carbamates (subject to hydrolysis) is 1. The number of nitrogens with one attached hydrogen (secondary N) is 3. The lowest BCUT2D eigenvalue weighted by atomic mass is 10.2. The van der Waals surface area contributed by atoms with Crippen molar-refractivity contribution >= 4 is 22.7 Å². The second-order valence-electron chi connectivity index (χ2n) is 6.06. The summed E-state index contributed by atoms with van der Waals surface area (Å²) >= 11 is 0.